The maximum Gasteiger partial charge on any atom is 0.231 e. The summed E-state index contributed by atoms with van der Waals surface area (Å²) in [5.41, 5.74) is 1.18. The van der Waals surface area contributed by atoms with Gasteiger partial charge in [-0.25, -0.2) is 0 Å². The highest BCUT2D eigenvalue weighted by atomic mass is 32.2. The molecule has 2 atom stereocenters. The minimum absolute atomic E-state index is 0.0121. The molecule has 0 unspecified atom stereocenters. The molecule has 23 heavy (non-hydrogen) atoms. The van der Waals surface area contributed by atoms with Gasteiger partial charge in [-0.2, -0.15) is 4.98 Å². The van der Waals surface area contributed by atoms with Gasteiger partial charge in [-0.15, -0.1) is 11.8 Å². The molecular weight excluding hydrogens is 310 g/mol. The summed E-state index contributed by atoms with van der Waals surface area (Å²) in [6, 6.07) is 8.25. The van der Waals surface area contributed by atoms with E-state index in [9.17, 15) is 4.79 Å². The molecule has 1 fully saturated rings. The Kier molecular flexibility index (Phi) is 3.85. The van der Waals surface area contributed by atoms with Crippen LogP contribution in [0.15, 0.2) is 33.7 Å². The summed E-state index contributed by atoms with van der Waals surface area (Å²) in [6.07, 6.45) is 2.00. The van der Waals surface area contributed by atoms with Gasteiger partial charge in [0.1, 0.15) is 0 Å². The Hall–Kier alpha value is -1.82. The predicted octanol–water partition coefficient (Wildman–Crippen LogP) is 2.97. The summed E-state index contributed by atoms with van der Waals surface area (Å²) in [5, 5.41) is 4.04. The molecule has 1 aromatic heterocycles. The number of amides is 1. The van der Waals surface area contributed by atoms with E-state index in [2.05, 4.69) is 22.3 Å². The molecule has 1 saturated heterocycles. The van der Waals surface area contributed by atoms with Crippen LogP contribution in [0.4, 0.5) is 0 Å². The van der Waals surface area contributed by atoms with Crippen molar-refractivity contribution in [2.75, 3.05) is 18.8 Å². The molecule has 0 spiro atoms. The van der Waals surface area contributed by atoms with Gasteiger partial charge in [-0.3, -0.25) is 4.79 Å². The molecule has 6 heteroatoms. The van der Waals surface area contributed by atoms with Gasteiger partial charge < -0.3 is 9.42 Å². The SMILES string of the molecule is Cc1nc([C@@H]2CCCN(C(=O)[C@@H]3CSc4ccccc43)C2)no1. The van der Waals surface area contributed by atoms with Crippen molar-refractivity contribution >= 4 is 17.7 Å². The molecule has 0 N–H and O–H groups in total. The molecular formula is C17H19N3O2S. The van der Waals surface area contributed by atoms with Gasteiger partial charge in [0.2, 0.25) is 11.8 Å². The van der Waals surface area contributed by atoms with Gasteiger partial charge >= 0.3 is 0 Å². The van der Waals surface area contributed by atoms with E-state index in [0.717, 1.165) is 31.0 Å². The molecule has 0 radical (unpaired) electrons. The average molecular weight is 329 g/mol. The van der Waals surface area contributed by atoms with E-state index >= 15 is 0 Å². The number of benzene rings is 1. The third kappa shape index (κ3) is 2.76. The number of rotatable bonds is 2. The fourth-order valence-corrected chi connectivity index (χ4v) is 4.68. The third-order valence-corrected chi connectivity index (χ3v) is 5.82. The number of nitrogens with zero attached hydrogens (tertiary/aromatic N) is 3. The Balaban J connectivity index is 1.51. The molecule has 0 bridgehead atoms. The summed E-state index contributed by atoms with van der Waals surface area (Å²) < 4.78 is 5.09. The maximum absolute atomic E-state index is 13.0. The predicted molar refractivity (Wildman–Crippen MR) is 87.5 cm³/mol. The molecule has 3 heterocycles. The van der Waals surface area contributed by atoms with Gasteiger partial charge in [-0.05, 0) is 24.5 Å². The molecule has 2 aliphatic rings. The van der Waals surface area contributed by atoms with Crippen LogP contribution in [0.1, 0.15) is 42.0 Å². The highest BCUT2D eigenvalue weighted by Crippen LogP contribution is 2.41. The van der Waals surface area contributed by atoms with Crippen molar-refractivity contribution in [2.24, 2.45) is 0 Å². The van der Waals surface area contributed by atoms with Crippen molar-refractivity contribution in [1.82, 2.24) is 15.0 Å². The Morgan fingerprint density at radius 1 is 1.39 bits per heavy atom. The lowest BCUT2D eigenvalue weighted by Gasteiger charge is -2.33. The minimum atomic E-state index is -0.0121. The largest absolute Gasteiger partial charge is 0.341 e. The first-order chi connectivity index (χ1) is 11.2. The van der Waals surface area contributed by atoms with Crippen LogP contribution in [0.2, 0.25) is 0 Å². The van der Waals surface area contributed by atoms with Crippen molar-refractivity contribution in [3.05, 3.63) is 41.5 Å². The lowest BCUT2D eigenvalue weighted by Crippen LogP contribution is -2.42. The van der Waals surface area contributed by atoms with Crippen molar-refractivity contribution in [2.45, 2.75) is 36.5 Å². The van der Waals surface area contributed by atoms with E-state index in [1.54, 1.807) is 18.7 Å². The second-order valence-corrected chi connectivity index (χ2v) is 7.26. The Morgan fingerprint density at radius 2 is 2.26 bits per heavy atom. The van der Waals surface area contributed by atoms with E-state index in [1.807, 2.05) is 17.0 Å². The first-order valence-corrected chi connectivity index (χ1v) is 9.01. The highest BCUT2D eigenvalue weighted by Gasteiger charge is 2.35. The zero-order chi connectivity index (χ0) is 15.8. The topological polar surface area (TPSA) is 59.2 Å². The van der Waals surface area contributed by atoms with Gasteiger partial charge in [0.05, 0.1) is 5.92 Å². The maximum atomic E-state index is 13.0. The third-order valence-electron chi connectivity index (χ3n) is 4.64. The first kappa shape index (κ1) is 14.8. The van der Waals surface area contributed by atoms with E-state index in [4.69, 9.17) is 4.52 Å². The lowest BCUT2D eigenvalue weighted by atomic mass is 9.94. The zero-order valence-corrected chi connectivity index (χ0v) is 13.9. The molecule has 5 nitrogen and oxygen atoms in total. The molecule has 120 valence electrons. The number of piperidine rings is 1. The molecule has 1 amide bonds. The minimum Gasteiger partial charge on any atom is -0.341 e. The number of hydrogen-bond acceptors (Lipinski definition) is 5. The number of carbonyl (C=O) groups excluding carboxylic acids is 1. The number of carbonyl (C=O) groups is 1. The molecule has 0 aliphatic carbocycles. The van der Waals surface area contributed by atoms with Crippen LogP contribution in [-0.4, -0.2) is 39.8 Å². The first-order valence-electron chi connectivity index (χ1n) is 8.03. The van der Waals surface area contributed by atoms with Gasteiger partial charge in [0.25, 0.3) is 0 Å². The van der Waals surface area contributed by atoms with Crippen molar-refractivity contribution < 1.29 is 9.32 Å². The van der Waals surface area contributed by atoms with Crippen LogP contribution in [-0.2, 0) is 4.79 Å². The number of hydrogen-bond donors (Lipinski definition) is 0. The second kappa shape index (κ2) is 6.00. The van der Waals surface area contributed by atoms with Crippen molar-refractivity contribution in [3.8, 4) is 0 Å². The molecule has 4 rings (SSSR count). The summed E-state index contributed by atoms with van der Waals surface area (Å²) in [7, 11) is 0. The van der Waals surface area contributed by atoms with E-state index in [1.165, 1.54) is 10.5 Å². The second-order valence-electron chi connectivity index (χ2n) is 6.20. The van der Waals surface area contributed by atoms with Crippen molar-refractivity contribution in [1.29, 1.82) is 0 Å². The summed E-state index contributed by atoms with van der Waals surface area (Å²) in [4.78, 5) is 20.6. The van der Waals surface area contributed by atoms with E-state index in [-0.39, 0.29) is 17.7 Å². The lowest BCUT2D eigenvalue weighted by molar-refractivity contribution is -0.133. The Bertz CT molecular complexity index is 730. The van der Waals surface area contributed by atoms with E-state index < -0.39 is 0 Å². The van der Waals surface area contributed by atoms with Crippen LogP contribution in [0.25, 0.3) is 0 Å². The summed E-state index contributed by atoms with van der Waals surface area (Å²) in [6.45, 7) is 3.32. The number of aryl methyl sites for hydroxylation is 1. The van der Waals surface area contributed by atoms with E-state index in [0.29, 0.717) is 12.4 Å². The van der Waals surface area contributed by atoms with Crippen LogP contribution in [0, 0.1) is 6.92 Å². The van der Waals surface area contributed by atoms with Crippen LogP contribution in [0.3, 0.4) is 0 Å². The highest BCUT2D eigenvalue weighted by molar-refractivity contribution is 7.99. The van der Waals surface area contributed by atoms with Crippen LogP contribution in [0.5, 0.6) is 0 Å². The number of thioether (sulfide) groups is 1. The molecule has 1 aromatic carbocycles. The summed E-state index contributed by atoms with van der Waals surface area (Å²) in [5.74, 6) is 2.59. The standard InChI is InChI=1S/C17H19N3O2S/c1-11-18-16(19-22-11)12-5-4-8-20(9-12)17(21)14-10-23-15-7-3-2-6-13(14)15/h2-3,6-7,12,14H,4-5,8-10H2,1H3/t12-,14-/m1/s1. The quantitative estimate of drug-likeness (QED) is 0.848. The normalized spacial score (nSPS) is 23.8. The average Bonchev–Trinajstić information content (AvgIpc) is 3.20. The molecule has 2 aliphatic heterocycles. The van der Waals surface area contributed by atoms with Gasteiger partial charge in [0.15, 0.2) is 5.82 Å². The Labute approximate surface area is 139 Å². The molecule has 2 aromatic rings. The number of aromatic nitrogens is 2. The molecule has 0 saturated carbocycles. The fourth-order valence-electron chi connectivity index (χ4n) is 3.46. The monoisotopic (exact) mass is 329 g/mol. The van der Waals surface area contributed by atoms with Gasteiger partial charge in [0, 0.05) is 36.6 Å². The number of fused-ring (bicyclic) bond motifs is 1. The zero-order valence-electron chi connectivity index (χ0n) is 13.1. The summed E-state index contributed by atoms with van der Waals surface area (Å²) >= 11 is 1.78. The Morgan fingerprint density at radius 3 is 3.09 bits per heavy atom. The van der Waals surface area contributed by atoms with Crippen LogP contribution < -0.4 is 0 Å². The van der Waals surface area contributed by atoms with Crippen molar-refractivity contribution in [3.63, 3.8) is 0 Å². The smallest absolute Gasteiger partial charge is 0.231 e. The van der Waals surface area contributed by atoms with Gasteiger partial charge in [-0.1, -0.05) is 23.4 Å². The van der Waals surface area contributed by atoms with Crippen LogP contribution >= 0.6 is 11.8 Å². The number of likely N-dealkylation sites (tertiary alicyclic amines) is 1. The fraction of sp³-hybridized carbons (Fsp3) is 0.471.